The van der Waals surface area contributed by atoms with Gasteiger partial charge >= 0.3 is 11.9 Å². The summed E-state index contributed by atoms with van der Waals surface area (Å²) in [6.45, 7) is 4.74. The Balaban J connectivity index is 2.47. The van der Waals surface area contributed by atoms with Crippen molar-refractivity contribution in [1.82, 2.24) is 0 Å². The average molecular weight is 607 g/mol. The number of esters is 2. The number of hydrogen-bond acceptors (Lipinski definition) is 6. The van der Waals surface area contributed by atoms with Gasteiger partial charge in [0.05, 0.1) is 29.2 Å². The third-order valence-electron chi connectivity index (χ3n) is 7.01. The lowest BCUT2D eigenvalue weighted by molar-refractivity contribution is 0.0451. The monoisotopic (exact) mass is 606 g/mol. The van der Waals surface area contributed by atoms with Crippen LogP contribution in [0.3, 0.4) is 0 Å². The van der Waals surface area contributed by atoms with Crippen molar-refractivity contribution in [1.29, 1.82) is 0 Å². The molecule has 0 saturated carbocycles. The molecule has 1 aromatic carbocycles. The van der Waals surface area contributed by atoms with Crippen LogP contribution in [0.4, 0.5) is 0 Å². The van der Waals surface area contributed by atoms with Gasteiger partial charge in [-0.3, -0.25) is 4.55 Å². The van der Waals surface area contributed by atoms with E-state index in [9.17, 15) is 22.6 Å². The number of unbranched alkanes of at least 4 members (excludes halogenated alkanes) is 14. The van der Waals surface area contributed by atoms with E-state index in [1.54, 1.807) is 0 Å². The molecule has 0 unspecified atom stereocenters. The summed E-state index contributed by atoms with van der Waals surface area (Å²) in [6, 6.07) is 3.22. The number of allylic oxidation sites excluding steroid dienone is 4. The molecule has 0 aromatic heterocycles. The van der Waals surface area contributed by atoms with E-state index < -0.39 is 27.0 Å². The number of benzene rings is 1. The van der Waals surface area contributed by atoms with Crippen LogP contribution < -0.4 is 0 Å². The third-order valence-corrected chi connectivity index (χ3v) is 7.86. The van der Waals surface area contributed by atoms with E-state index in [4.69, 9.17) is 9.47 Å². The van der Waals surface area contributed by atoms with E-state index in [-0.39, 0.29) is 24.3 Å². The van der Waals surface area contributed by atoms with Crippen LogP contribution in [0.25, 0.3) is 0 Å². The molecule has 1 aromatic rings. The minimum absolute atomic E-state index is 0.0859. The van der Waals surface area contributed by atoms with Gasteiger partial charge in [0.15, 0.2) is 0 Å². The Hall–Kier alpha value is -2.45. The first kappa shape index (κ1) is 37.6. The summed E-state index contributed by atoms with van der Waals surface area (Å²) in [4.78, 5) is 25.0. The van der Waals surface area contributed by atoms with Crippen LogP contribution in [0.15, 0.2) is 47.4 Å². The molecule has 0 fully saturated rings. The largest absolute Gasteiger partial charge is 0.462 e. The maximum absolute atomic E-state index is 12.8. The Morgan fingerprint density at radius 1 is 0.619 bits per heavy atom. The van der Waals surface area contributed by atoms with Gasteiger partial charge in [-0.25, -0.2) is 9.59 Å². The van der Waals surface area contributed by atoms with E-state index in [2.05, 4.69) is 38.2 Å². The second kappa shape index (κ2) is 24.0. The molecule has 0 atom stereocenters. The number of hydrogen-bond donors (Lipinski definition) is 1. The predicted octanol–water partition coefficient (Wildman–Crippen LogP) is 9.42. The Bertz CT molecular complexity index is 1040. The van der Waals surface area contributed by atoms with Crippen LogP contribution in [0, 0.1) is 0 Å². The Labute approximate surface area is 254 Å². The van der Waals surface area contributed by atoms with E-state index in [1.165, 1.54) is 70.3 Å². The number of carbonyl (C=O) groups is 2. The average Bonchev–Trinajstić information content (AvgIpc) is 2.97. The highest BCUT2D eigenvalue weighted by molar-refractivity contribution is 7.85. The topological polar surface area (TPSA) is 107 Å². The van der Waals surface area contributed by atoms with Gasteiger partial charge in [-0.2, -0.15) is 8.42 Å². The zero-order chi connectivity index (χ0) is 30.9. The lowest BCUT2D eigenvalue weighted by Crippen LogP contribution is -2.16. The van der Waals surface area contributed by atoms with Crippen molar-refractivity contribution in [3.63, 3.8) is 0 Å². The molecule has 7 nitrogen and oxygen atoms in total. The van der Waals surface area contributed by atoms with Gasteiger partial charge < -0.3 is 9.47 Å². The molecule has 0 aliphatic carbocycles. The van der Waals surface area contributed by atoms with Gasteiger partial charge in [0.25, 0.3) is 10.1 Å². The summed E-state index contributed by atoms with van der Waals surface area (Å²) in [5.74, 6) is -1.55. The van der Waals surface area contributed by atoms with E-state index in [0.717, 1.165) is 50.7 Å². The molecule has 0 bridgehead atoms. The van der Waals surface area contributed by atoms with Crippen molar-refractivity contribution in [2.24, 2.45) is 0 Å². The molecule has 0 amide bonds. The van der Waals surface area contributed by atoms with Crippen molar-refractivity contribution in [2.45, 2.75) is 134 Å². The molecule has 8 heteroatoms. The summed E-state index contributed by atoms with van der Waals surface area (Å²) in [6.07, 6.45) is 28.3. The van der Waals surface area contributed by atoms with Gasteiger partial charge in [-0.15, -0.1) is 0 Å². The standard InChI is InChI=1S/C34H54O7S/c1-3-5-7-9-11-13-15-17-19-21-23-27-40-33(35)31-26-25-30(42(37,38)39)29-32(31)34(36)41-28-24-22-20-18-16-14-12-10-8-6-4-2/h15-18,25-26,29H,3-14,19-24,27-28H2,1-2H3,(H,37,38,39)/b17-15+,18-16+. The van der Waals surface area contributed by atoms with E-state index in [0.29, 0.717) is 12.8 Å². The highest BCUT2D eigenvalue weighted by Crippen LogP contribution is 2.19. The fourth-order valence-corrected chi connectivity index (χ4v) is 4.95. The van der Waals surface area contributed by atoms with Crippen molar-refractivity contribution >= 4 is 22.1 Å². The lowest BCUT2D eigenvalue weighted by atomic mass is 10.1. The summed E-state index contributed by atoms with van der Waals surface area (Å²) < 4.78 is 43.4. The van der Waals surface area contributed by atoms with Crippen molar-refractivity contribution < 1.29 is 32.0 Å². The number of rotatable bonds is 25. The molecule has 0 saturated heterocycles. The van der Waals surface area contributed by atoms with Crippen molar-refractivity contribution in [2.75, 3.05) is 13.2 Å². The van der Waals surface area contributed by atoms with Crippen LogP contribution in [0.2, 0.25) is 0 Å². The fourth-order valence-electron chi connectivity index (χ4n) is 4.45. The summed E-state index contributed by atoms with van der Waals surface area (Å²) in [5.41, 5.74) is -0.322. The highest BCUT2D eigenvalue weighted by atomic mass is 32.2. The smallest absolute Gasteiger partial charge is 0.339 e. The predicted molar refractivity (Wildman–Crippen MR) is 170 cm³/mol. The minimum atomic E-state index is -4.56. The number of carbonyl (C=O) groups excluding carboxylic acids is 2. The van der Waals surface area contributed by atoms with Gasteiger partial charge in [-0.1, -0.05) is 89.5 Å². The SMILES string of the molecule is CCCCCCC/C=C/CCCCOC(=O)c1ccc(S(=O)(=O)O)cc1C(=O)OCCCC/C=C/CCCCCCC. The molecule has 0 radical (unpaired) electrons. The normalized spacial score (nSPS) is 11.9. The summed E-state index contributed by atoms with van der Waals surface area (Å²) in [7, 11) is -4.56. The summed E-state index contributed by atoms with van der Waals surface area (Å²) in [5, 5.41) is 0. The van der Waals surface area contributed by atoms with Crippen LogP contribution in [0.5, 0.6) is 0 Å². The van der Waals surface area contributed by atoms with Gasteiger partial charge in [-0.05, 0) is 82.4 Å². The highest BCUT2D eigenvalue weighted by Gasteiger charge is 2.23. The molecule has 0 heterocycles. The zero-order valence-electron chi connectivity index (χ0n) is 26.0. The third kappa shape index (κ3) is 18.2. The zero-order valence-corrected chi connectivity index (χ0v) is 26.8. The second-order valence-electron chi connectivity index (χ2n) is 10.8. The molecule has 1 rings (SSSR count). The molecule has 1 N–H and O–H groups in total. The molecule has 42 heavy (non-hydrogen) atoms. The molecule has 0 aliphatic rings. The lowest BCUT2D eigenvalue weighted by Gasteiger charge is -2.11. The Morgan fingerprint density at radius 3 is 1.45 bits per heavy atom. The Morgan fingerprint density at radius 2 is 1.02 bits per heavy atom. The fraction of sp³-hybridized carbons (Fsp3) is 0.647. The quantitative estimate of drug-likeness (QED) is 0.0511. The van der Waals surface area contributed by atoms with Crippen molar-refractivity contribution in [3.05, 3.63) is 53.6 Å². The Kier molecular flexibility index (Phi) is 21.5. The molecule has 0 spiro atoms. The maximum atomic E-state index is 12.8. The molecule has 0 aliphatic heterocycles. The first-order valence-electron chi connectivity index (χ1n) is 16.1. The second-order valence-corrected chi connectivity index (χ2v) is 12.2. The molecular weight excluding hydrogens is 552 g/mol. The van der Waals surface area contributed by atoms with Gasteiger partial charge in [0.2, 0.25) is 0 Å². The number of ether oxygens (including phenoxy) is 2. The van der Waals surface area contributed by atoms with E-state index >= 15 is 0 Å². The minimum Gasteiger partial charge on any atom is -0.462 e. The van der Waals surface area contributed by atoms with Crippen LogP contribution >= 0.6 is 0 Å². The van der Waals surface area contributed by atoms with Crippen LogP contribution in [0.1, 0.15) is 150 Å². The maximum Gasteiger partial charge on any atom is 0.339 e. The first-order chi connectivity index (χ1) is 20.3. The van der Waals surface area contributed by atoms with Crippen LogP contribution in [-0.2, 0) is 19.6 Å². The van der Waals surface area contributed by atoms with E-state index in [1.807, 2.05) is 0 Å². The van der Waals surface area contributed by atoms with Gasteiger partial charge in [0, 0.05) is 0 Å². The van der Waals surface area contributed by atoms with Gasteiger partial charge in [0.1, 0.15) is 0 Å². The summed E-state index contributed by atoms with van der Waals surface area (Å²) >= 11 is 0. The van der Waals surface area contributed by atoms with Crippen molar-refractivity contribution in [3.8, 4) is 0 Å². The molecule has 238 valence electrons. The van der Waals surface area contributed by atoms with Crippen LogP contribution in [-0.4, -0.2) is 38.1 Å². The molecular formula is C34H54O7S. The first-order valence-corrected chi connectivity index (χ1v) is 17.5.